The van der Waals surface area contributed by atoms with Gasteiger partial charge >= 0.3 is 0 Å². The van der Waals surface area contributed by atoms with Gasteiger partial charge in [-0.15, -0.1) is 0 Å². The maximum Gasteiger partial charge on any atom is 0.270 e. The van der Waals surface area contributed by atoms with Crippen molar-refractivity contribution in [3.63, 3.8) is 0 Å². The van der Waals surface area contributed by atoms with Gasteiger partial charge in [-0.2, -0.15) is 0 Å². The number of carbonyl (C=O) groups is 1. The number of nitrogens with zero attached hydrogens (tertiary/aromatic N) is 1. The summed E-state index contributed by atoms with van der Waals surface area (Å²) in [6.45, 7) is 2.55. The van der Waals surface area contributed by atoms with Crippen LogP contribution in [-0.2, 0) is 4.79 Å². The molecule has 4 nitrogen and oxygen atoms in total. The Labute approximate surface area is 166 Å². The number of hydrogen-bond acceptors (Lipinski definition) is 5. The maximum atomic E-state index is 12.8. The highest BCUT2D eigenvalue weighted by Crippen LogP contribution is 2.38. The zero-order valence-corrected chi connectivity index (χ0v) is 16.6. The lowest BCUT2D eigenvalue weighted by Crippen LogP contribution is -2.27. The van der Waals surface area contributed by atoms with Gasteiger partial charge in [-0.3, -0.25) is 9.69 Å². The largest absolute Gasteiger partial charge is 0.495 e. The molecule has 3 rings (SSSR count). The van der Waals surface area contributed by atoms with E-state index < -0.39 is 0 Å². The SMILES string of the molecule is CCOc1ccc(C=C2SC(=S)N(c3ccc(OC)c(Cl)c3)C2=O)cc1. The summed E-state index contributed by atoms with van der Waals surface area (Å²) < 4.78 is 11.0. The molecule has 1 heterocycles. The smallest absolute Gasteiger partial charge is 0.270 e. The van der Waals surface area contributed by atoms with Crippen LogP contribution in [0.15, 0.2) is 47.4 Å². The molecule has 7 heteroatoms. The Morgan fingerprint density at radius 1 is 1.23 bits per heavy atom. The summed E-state index contributed by atoms with van der Waals surface area (Å²) >= 11 is 12.8. The van der Waals surface area contributed by atoms with E-state index in [4.69, 9.17) is 33.3 Å². The first-order chi connectivity index (χ1) is 12.5. The minimum absolute atomic E-state index is 0.171. The average molecular weight is 406 g/mol. The van der Waals surface area contributed by atoms with Crippen molar-refractivity contribution in [2.45, 2.75) is 6.92 Å². The van der Waals surface area contributed by atoms with Gasteiger partial charge in [-0.05, 0) is 48.9 Å². The normalized spacial score (nSPS) is 15.7. The van der Waals surface area contributed by atoms with Gasteiger partial charge in [0.1, 0.15) is 11.5 Å². The second-order valence-corrected chi connectivity index (χ2v) is 7.42. The molecule has 1 saturated heterocycles. The molecular formula is C19H16ClNO3S2. The molecule has 0 N–H and O–H groups in total. The van der Waals surface area contributed by atoms with Crippen molar-refractivity contribution in [2.24, 2.45) is 0 Å². The van der Waals surface area contributed by atoms with E-state index in [-0.39, 0.29) is 5.91 Å². The molecular weight excluding hydrogens is 390 g/mol. The molecule has 0 atom stereocenters. The number of anilines is 1. The summed E-state index contributed by atoms with van der Waals surface area (Å²) in [4.78, 5) is 14.8. The quantitative estimate of drug-likeness (QED) is 0.508. The van der Waals surface area contributed by atoms with E-state index >= 15 is 0 Å². The molecule has 0 unspecified atom stereocenters. The topological polar surface area (TPSA) is 38.8 Å². The number of carbonyl (C=O) groups excluding carboxylic acids is 1. The molecule has 0 aliphatic carbocycles. The van der Waals surface area contributed by atoms with E-state index in [0.717, 1.165) is 11.3 Å². The van der Waals surface area contributed by atoms with Crippen LogP contribution in [0.1, 0.15) is 12.5 Å². The van der Waals surface area contributed by atoms with Crippen LogP contribution in [0, 0.1) is 0 Å². The number of thioether (sulfide) groups is 1. The number of benzene rings is 2. The second-order valence-electron chi connectivity index (χ2n) is 5.34. The Bertz CT molecular complexity index is 881. The van der Waals surface area contributed by atoms with Crippen LogP contribution in [0.25, 0.3) is 6.08 Å². The van der Waals surface area contributed by atoms with Crippen molar-refractivity contribution in [2.75, 3.05) is 18.6 Å². The van der Waals surface area contributed by atoms with Gasteiger partial charge in [0.05, 0.1) is 29.3 Å². The molecule has 2 aromatic carbocycles. The lowest BCUT2D eigenvalue weighted by Gasteiger charge is -2.15. The van der Waals surface area contributed by atoms with Crippen LogP contribution in [-0.4, -0.2) is 23.9 Å². The standard InChI is InChI=1S/C19H16ClNO3S2/c1-3-24-14-7-4-12(5-8-14)10-17-18(22)21(19(25)26-17)13-6-9-16(23-2)15(20)11-13/h4-11H,3H2,1-2H3. The number of hydrogen-bond donors (Lipinski definition) is 0. The first kappa shape index (κ1) is 18.8. The Morgan fingerprint density at radius 3 is 2.58 bits per heavy atom. The lowest BCUT2D eigenvalue weighted by atomic mass is 10.2. The van der Waals surface area contributed by atoms with Gasteiger partial charge in [0.25, 0.3) is 5.91 Å². The molecule has 0 bridgehead atoms. The zero-order valence-electron chi connectivity index (χ0n) is 14.2. The molecule has 1 aliphatic rings. The molecule has 1 amide bonds. The van der Waals surface area contributed by atoms with E-state index in [9.17, 15) is 4.79 Å². The molecule has 2 aromatic rings. The van der Waals surface area contributed by atoms with Crippen molar-refractivity contribution in [1.29, 1.82) is 0 Å². The monoisotopic (exact) mass is 405 g/mol. The van der Waals surface area contributed by atoms with Gasteiger partial charge in [-0.25, -0.2) is 0 Å². The van der Waals surface area contributed by atoms with E-state index in [1.807, 2.05) is 37.3 Å². The van der Waals surface area contributed by atoms with Crippen LogP contribution < -0.4 is 14.4 Å². The number of methoxy groups -OCH3 is 1. The number of ether oxygens (including phenoxy) is 2. The van der Waals surface area contributed by atoms with Crippen molar-refractivity contribution in [1.82, 2.24) is 0 Å². The molecule has 1 aliphatic heterocycles. The van der Waals surface area contributed by atoms with Crippen molar-refractivity contribution < 1.29 is 14.3 Å². The molecule has 0 spiro atoms. The molecule has 134 valence electrons. The second kappa shape index (κ2) is 8.12. The highest BCUT2D eigenvalue weighted by atomic mass is 35.5. The van der Waals surface area contributed by atoms with Gasteiger partial charge in [0.15, 0.2) is 4.32 Å². The van der Waals surface area contributed by atoms with Crippen molar-refractivity contribution in [3.8, 4) is 11.5 Å². The third kappa shape index (κ3) is 3.87. The average Bonchev–Trinajstić information content (AvgIpc) is 2.90. The Kier molecular flexibility index (Phi) is 5.86. The fraction of sp³-hybridized carbons (Fsp3) is 0.158. The van der Waals surface area contributed by atoms with Gasteiger partial charge in [-0.1, -0.05) is 47.7 Å². The predicted molar refractivity (Wildman–Crippen MR) is 111 cm³/mol. The third-order valence-electron chi connectivity index (χ3n) is 3.68. The number of amides is 1. The summed E-state index contributed by atoms with van der Waals surface area (Å²) in [5.41, 5.74) is 1.52. The fourth-order valence-electron chi connectivity index (χ4n) is 2.46. The van der Waals surface area contributed by atoms with Gasteiger partial charge < -0.3 is 9.47 Å². The summed E-state index contributed by atoms with van der Waals surface area (Å²) in [7, 11) is 1.54. The Morgan fingerprint density at radius 2 is 1.96 bits per heavy atom. The molecule has 26 heavy (non-hydrogen) atoms. The molecule has 1 fully saturated rings. The van der Waals surface area contributed by atoms with Crippen LogP contribution in [0.4, 0.5) is 5.69 Å². The van der Waals surface area contributed by atoms with E-state index in [1.54, 1.807) is 25.3 Å². The van der Waals surface area contributed by atoms with E-state index in [1.165, 1.54) is 16.7 Å². The summed E-state index contributed by atoms with van der Waals surface area (Å²) in [5.74, 6) is 1.17. The third-order valence-corrected chi connectivity index (χ3v) is 5.27. The van der Waals surface area contributed by atoms with Crippen molar-refractivity contribution in [3.05, 3.63) is 58.0 Å². The minimum atomic E-state index is -0.171. The van der Waals surface area contributed by atoms with Crippen LogP contribution in [0.3, 0.4) is 0 Å². The molecule has 0 radical (unpaired) electrons. The van der Waals surface area contributed by atoms with Crippen LogP contribution in [0.5, 0.6) is 11.5 Å². The van der Waals surface area contributed by atoms with E-state index in [2.05, 4.69) is 0 Å². The summed E-state index contributed by atoms with van der Waals surface area (Å²) in [6.07, 6.45) is 1.82. The molecule has 0 aromatic heterocycles. The van der Waals surface area contributed by atoms with E-state index in [0.29, 0.717) is 32.3 Å². The van der Waals surface area contributed by atoms with Gasteiger partial charge in [0.2, 0.25) is 0 Å². The first-order valence-electron chi connectivity index (χ1n) is 7.88. The molecule has 0 saturated carbocycles. The number of thiocarbonyl (C=S) groups is 1. The highest BCUT2D eigenvalue weighted by Gasteiger charge is 2.33. The summed E-state index contributed by atoms with van der Waals surface area (Å²) in [5, 5.41) is 0.426. The van der Waals surface area contributed by atoms with Crippen LogP contribution >= 0.6 is 35.6 Å². The van der Waals surface area contributed by atoms with Gasteiger partial charge in [0, 0.05) is 0 Å². The lowest BCUT2D eigenvalue weighted by molar-refractivity contribution is -0.113. The first-order valence-corrected chi connectivity index (χ1v) is 9.48. The highest BCUT2D eigenvalue weighted by molar-refractivity contribution is 8.27. The Hall–Kier alpha value is -2.02. The zero-order chi connectivity index (χ0) is 18.7. The Balaban J connectivity index is 1.85. The minimum Gasteiger partial charge on any atom is -0.495 e. The maximum absolute atomic E-state index is 12.8. The van der Waals surface area contributed by atoms with Crippen molar-refractivity contribution >= 4 is 57.6 Å². The number of rotatable bonds is 5. The van der Waals surface area contributed by atoms with Crippen LogP contribution in [0.2, 0.25) is 5.02 Å². The summed E-state index contributed by atoms with van der Waals surface area (Å²) in [6, 6.07) is 12.7. The predicted octanol–water partition coefficient (Wildman–Crippen LogP) is 5.15. The fourth-order valence-corrected chi connectivity index (χ4v) is 4.01. The number of halogens is 1.